The van der Waals surface area contributed by atoms with E-state index in [4.69, 9.17) is 16.3 Å². The van der Waals surface area contributed by atoms with E-state index in [0.717, 1.165) is 10.8 Å². The first kappa shape index (κ1) is 14.4. The van der Waals surface area contributed by atoms with E-state index in [9.17, 15) is 4.79 Å². The molecule has 110 valence electrons. The average molecular weight is 312 g/mol. The number of amides is 1. The summed E-state index contributed by atoms with van der Waals surface area (Å²) in [6, 6.07) is 20.7. The van der Waals surface area contributed by atoms with E-state index in [1.807, 2.05) is 54.6 Å². The average Bonchev–Trinajstić information content (AvgIpc) is 2.55. The number of anilines is 1. The molecule has 0 bridgehead atoms. The second-order valence-corrected chi connectivity index (χ2v) is 5.20. The van der Waals surface area contributed by atoms with Gasteiger partial charge in [0.05, 0.1) is 10.7 Å². The number of para-hydroxylation sites is 1. The number of hydrogen-bond acceptors (Lipinski definition) is 2. The molecule has 3 aromatic rings. The molecule has 0 aliphatic carbocycles. The van der Waals surface area contributed by atoms with Crippen molar-refractivity contribution in [1.82, 2.24) is 0 Å². The molecule has 3 rings (SSSR count). The molecule has 0 aliphatic rings. The van der Waals surface area contributed by atoms with Gasteiger partial charge in [0.2, 0.25) is 0 Å². The van der Waals surface area contributed by atoms with Crippen LogP contribution in [0.15, 0.2) is 66.7 Å². The number of hydrogen-bond donors (Lipinski definition) is 1. The second kappa shape index (κ2) is 6.50. The van der Waals surface area contributed by atoms with E-state index in [-0.39, 0.29) is 12.5 Å². The molecule has 0 spiro atoms. The minimum Gasteiger partial charge on any atom is -0.483 e. The van der Waals surface area contributed by atoms with Crippen molar-refractivity contribution in [1.29, 1.82) is 0 Å². The number of halogens is 1. The maximum absolute atomic E-state index is 12.0. The highest BCUT2D eigenvalue weighted by atomic mass is 35.5. The number of fused-ring (bicyclic) bond motifs is 1. The molecule has 0 saturated carbocycles. The fourth-order valence-electron chi connectivity index (χ4n) is 2.21. The molecule has 4 heteroatoms. The van der Waals surface area contributed by atoms with Gasteiger partial charge in [0, 0.05) is 5.39 Å². The van der Waals surface area contributed by atoms with Crippen molar-refractivity contribution in [3.05, 3.63) is 71.8 Å². The molecule has 22 heavy (non-hydrogen) atoms. The maximum Gasteiger partial charge on any atom is 0.262 e. The fourth-order valence-corrected chi connectivity index (χ4v) is 2.40. The lowest BCUT2D eigenvalue weighted by Gasteiger charge is -2.10. The summed E-state index contributed by atoms with van der Waals surface area (Å²) in [6.45, 7) is -0.0702. The van der Waals surface area contributed by atoms with Crippen molar-refractivity contribution >= 4 is 34.0 Å². The summed E-state index contributed by atoms with van der Waals surface area (Å²) in [6.07, 6.45) is 0. The van der Waals surface area contributed by atoms with E-state index >= 15 is 0 Å². The minimum atomic E-state index is -0.249. The molecule has 0 aromatic heterocycles. The Kier molecular flexibility index (Phi) is 4.26. The number of nitrogens with one attached hydrogen (secondary N) is 1. The largest absolute Gasteiger partial charge is 0.483 e. The van der Waals surface area contributed by atoms with Gasteiger partial charge in [0.1, 0.15) is 5.75 Å². The van der Waals surface area contributed by atoms with Crippen molar-refractivity contribution in [2.24, 2.45) is 0 Å². The van der Waals surface area contributed by atoms with Crippen LogP contribution in [0.4, 0.5) is 5.69 Å². The molecular formula is C18H14ClNO2. The molecule has 0 unspecified atom stereocenters. The Labute approximate surface area is 133 Å². The summed E-state index contributed by atoms with van der Waals surface area (Å²) in [5.41, 5.74) is 0.579. The summed E-state index contributed by atoms with van der Waals surface area (Å²) in [4.78, 5) is 12.0. The van der Waals surface area contributed by atoms with Crippen LogP contribution in [0.5, 0.6) is 5.75 Å². The first-order valence-corrected chi connectivity index (χ1v) is 7.27. The lowest BCUT2D eigenvalue weighted by Crippen LogP contribution is -2.20. The third kappa shape index (κ3) is 3.21. The van der Waals surface area contributed by atoms with Crippen LogP contribution in [0.25, 0.3) is 10.8 Å². The lowest BCUT2D eigenvalue weighted by molar-refractivity contribution is -0.118. The summed E-state index contributed by atoms with van der Waals surface area (Å²) >= 11 is 6.01. The van der Waals surface area contributed by atoms with Crippen LogP contribution in [0.2, 0.25) is 5.02 Å². The SMILES string of the molecule is O=C(COc1cccc2ccccc12)Nc1ccccc1Cl. The van der Waals surface area contributed by atoms with E-state index < -0.39 is 0 Å². The number of benzene rings is 3. The van der Waals surface area contributed by atoms with Crippen LogP contribution in [0.1, 0.15) is 0 Å². The molecule has 0 saturated heterocycles. The van der Waals surface area contributed by atoms with Crippen LogP contribution >= 0.6 is 11.6 Å². The van der Waals surface area contributed by atoms with Crippen molar-refractivity contribution in [2.75, 3.05) is 11.9 Å². The van der Waals surface area contributed by atoms with E-state index in [2.05, 4.69) is 5.32 Å². The summed E-state index contributed by atoms with van der Waals surface area (Å²) in [7, 11) is 0. The van der Waals surface area contributed by atoms with Gasteiger partial charge in [-0.25, -0.2) is 0 Å². The summed E-state index contributed by atoms with van der Waals surface area (Å²) < 4.78 is 5.64. The highest BCUT2D eigenvalue weighted by Crippen LogP contribution is 2.25. The predicted octanol–water partition coefficient (Wildman–Crippen LogP) is 4.51. The predicted molar refractivity (Wildman–Crippen MR) is 89.5 cm³/mol. The fraction of sp³-hybridized carbons (Fsp3) is 0.0556. The zero-order valence-electron chi connectivity index (χ0n) is 11.8. The molecule has 0 aliphatic heterocycles. The number of carbonyl (C=O) groups is 1. The van der Waals surface area contributed by atoms with Crippen molar-refractivity contribution in [3.8, 4) is 5.75 Å². The van der Waals surface area contributed by atoms with Crippen LogP contribution < -0.4 is 10.1 Å². The minimum absolute atomic E-state index is 0.0702. The number of rotatable bonds is 4. The smallest absolute Gasteiger partial charge is 0.262 e. The van der Waals surface area contributed by atoms with Gasteiger partial charge in [-0.2, -0.15) is 0 Å². The first-order valence-electron chi connectivity index (χ1n) is 6.89. The molecule has 0 heterocycles. The standard InChI is InChI=1S/C18H14ClNO2/c19-15-9-3-4-10-16(15)20-18(21)12-22-17-11-5-7-13-6-1-2-8-14(13)17/h1-11H,12H2,(H,20,21). The zero-order valence-corrected chi connectivity index (χ0v) is 12.5. The van der Waals surface area contributed by atoms with Crippen LogP contribution in [-0.4, -0.2) is 12.5 Å². The van der Waals surface area contributed by atoms with Crippen LogP contribution in [-0.2, 0) is 4.79 Å². The molecule has 3 aromatic carbocycles. The zero-order chi connectivity index (χ0) is 15.4. The third-order valence-corrected chi connectivity index (χ3v) is 3.59. The normalized spacial score (nSPS) is 10.4. The van der Waals surface area contributed by atoms with E-state index in [1.54, 1.807) is 12.1 Å². The Hall–Kier alpha value is -2.52. The van der Waals surface area contributed by atoms with E-state index in [0.29, 0.717) is 16.5 Å². The van der Waals surface area contributed by atoms with Gasteiger partial charge in [-0.15, -0.1) is 0 Å². The Bertz CT molecular complexity index is 812. The van der Waals surface area contributed by atoms with Crippen molar-refractivity contribution in [3.63, 3.8) is 0 Å². The molecular weight excluding hydrogens is 298 g/mol. The summed E-state index contributed by atoms with van der Waals surface area (Å²) in [5.74, 6) is 0.438. The van der Waals surface area contributed by atoms with E-state index in [1.165, 1.54) is 0 Å². The number of ether oxygens (including phenoxy) is 1. The Morgan fingerprint density at radius 3 is 2.55 bits per heavy atom. The third-order valence-electron chi connectivity index (χ3n) is 3.26. The molecule has 1 N–H and O–H groups in total. The molecule has 0 radical (unpaired) electrons. The van der Waals surface area contributed by atoms with Gasteiger partial charge < -0.3 is 10.1 Å². The van der Waals surface area contributed by atoms with Crippen molar-refractivity contribution in [2.45, 2.75) is 0 Å². The van der Waals surface area contributed by atoms with Crippen LogP contribution in [0.3, 0.4) is 0 Å². The lowest BCUT2D eigenvalue weighted by atomic mass is 10.1. The Morgan fingerprint density at radius 2 is 1.68 bits per heavy atom. The summed E-state index contributed by atoms with van der Waals surface area (Å²) in [5, 5.41) is 5.29. The highest BCUT2D eigenvalue weighted by molar-refractivity contribution is 6.33. The topological polar surface area (TPSA) is 38.3 Å². The Balaban J connectivity index is 1.69. The van der Waals surface area contributed by atoms with Gasteiger partial charge in [-0.1, -0.05) is 60.1 Å². The van der Waals surface area contributed by atoms with Gasteiger partial charge in [0.25, 0.3) is 5.91 Å². The van der Waals surface area contributed by atoms with Crippen molar-refractivity contribution < 1.29 is 9.53 Å². The molecule has 3 nitrogen and oxygen atoms in total. The van der Waals surface area contributed by atoms with Gasteiger partial charge in [-0.3, -0.25) is 4.79 Å². The quantitative estimate of drug-likeness (QED) is 0.770. The van der Waals surface area contributed by atoms with Gasteiger partial charge in [-0.05, 0) is 23.6 Å². The molecule has 1 amide bonds. The monoisotopic (exact) mass is 311 g/mol. The molecule has 0 atom stereocenters. The number of carbonyl (C=O) groups excluding carboxylic acids is 1. The highest BCUT2D eigenvalue weighted by Gasteiger charge is 2.07. The second-order valence-electron chi connectivity index (χ2n) is 4.79. The molecule has 0 fully saturated rings. The Morgan fingerprint density at radius 1 is 0.955 bits per heavy atom. The van der Waals surface area contributed by atoms with Gasteiger partial charge >= 0.3 is 0 Å². The maximum atomic E-state index is 12.0. The van der Waals surface area contributed by atoms with Crippen LogP contribution in [0, 0.1) is 0 Å². The van der Waals surface area contributed by atoms with Gasteiger partial charge in [0.15, 0.2) is 6.61 Å². The first-order chi connectivity index (χ1) is 10.7.